The molecule has 0 radical (unpaired) electrons. The van der Waals surface area contributed by atoms with E-state index in [-0.39, 0.29) is 11.5 Å². The molecule has 6 nitrogen and oxygen atoms in total. The standard InChI is InChI=1S/C14H16N4O2S/c1-6-4-5-9(12(19)16-6)18-8(3)17-13-10(14(18)20)11(15)7(2)21-13/h9H,1,4-5,15H2,2-3H3,(H,16,19). The van der Waals surface area contributed by atoms with E-state index < -0.39 is 6.04 Å². The van der Waals surface area contributed by atoms with E-state index >= 15 is 0 Å². The fourth-order valence-electron chi connectivity index (χ4n) is 2.67. The molecular formula is C14H16N4O2S. The number of hydrogen-bond donors (Lipinski definition) is 2. The van der Waals surface area contributed by atoms with Gasteiger partial charge in [-0.25, -0.2) is 4.98 Å². The lowest BCUT2D eigenvalue weighted by atomic mass is 10.0. The number of hydrogen-bond acceptors (Lipinski definition) is 5. The van der Waals surface area contributed by atoms with Crippen molar-refractivity contribution in [1.82, 2.24) is 14.9 Å². The van der Waals surface area contributed by atoms with E-state index in [9.17, 15) is 9.59 Å². The lowest BCUT2D eigenvalue weighted by molar-refractivity contribution is -0.124. The summed E-state index contributed by atoms with van der Waals surface area (Å²) >= 11 is 1.40. The van der Waals surface area contributed by atoms with Crippen molar-refractivity contribution in [2.24, 2.45) is 0 Å². The van der Waals surface area contributed by atoms with Gasteiger partial charge in [0.2, 0.25) is 5.91 Å². The number of rotatable bonds is 1. The number of nitrogens with zero attached hydrogens (tertiary/aromatic N) is 2. The SMILES string of the molecule is C=C1CCC(n2c(C)nc3sc(C)c(N)c3c2=O)C(=O)N1. The molecule has 1 fully saturated rings. The summed E-state index contributed by atoms with van der Waals surface area (Å²) < 4.78 is 1.45. The number of nitrogen functional groups attached to an aromatic ring is 1. The number of nitrogens with one attached hydrogen (secondary N) is 1. The van der Waals surface area contributed by atoms with E-state index in [1.165, 1.54) is 15.9 Å². The average Bonchev–Trinajstić information content (AvgIpc) is 2.67. The van der Waals surface area contributed by atoms with Gasteiger partial charge in [-0.3, -0.25) is 14.2 Å². The van der Waals surface area contributed by atoms with Crippen LogP contribution in [0.15, 0.2) is 17.1 Å². The smallest absolute Gasteiger partial charge is 0.265 e. The molecule has 3 rings (SSSR count). The summed E-state index contributed by atoms with van der Waals surface area (Å²) in [4.78, 5) is 30.8. The van der Waals surface area contributed by atoms with Gasteiger partial charge in [-0.1, -0.05) is 6.58 Å². The zero-order valence-electron chi connectivity index (χ0n) is 11.9. The van der Waals surface area contributed by atoms with Crippen LogP contribution in [0, 0.1) is 13.8 Å². The van der Waals surface area contributed by atoms with Crippen molar-refractivity contribution in [3.8, 4) is 0 Å². The van der Waals surface area contributed by atoms with Gasteiger partial charge in [0.1, 0.15) is 16.7 Å². The number of amides is 1. The predicted molar refractivity (Wildman–Crippen MR) is 83.3 cm³/mol. The highest BCUT2D eigenvalue weighted by atomic mass is 32.1. The minimum atomic E-state index is -0.556. The van der Waals surface area contributed by atoms with Crippen LogP contribution in [0.5, 0.6) is 0 Å². The lowest BCUT2D eigenvalue weighted by Crippen LogP contribution is -2.41. The van der Waals surface area contributed by atoms with Crippen LogP contribution < -0.4 is 16.6 Å². The molecule has 7 heteroatoms. The number of piperidine rings is 1. The first-order chi connectivity index (χ1) is 9.90. The van der Waals surface area contributed by atoms with Gasteiger partial charge in [-0.15, -0.1) is 11.3 Å². The summed E-state index contributed by atoms with van der Waals surface area (Å²) in [5.41, 5.74) is 6.89. The number of carbonyl (C=O) groups is 1. The Bertz CT molecular complexity index is 834. The maximum absolute atomic E-state index is 12.8. The van der Waals surface area contributed by atoms with E-state index in [0.717, 1.165) is 4.88 Å². The minimum absolute atomic E-state index is 0.219. The Kier molecular flexibility index (Phi) is 3.09. The Morgan fingerprint density at radius 2 is 2.14 bits per heavy atom. The molecule has 21 heavy (non-hydrogen) atoms. The third-order valence-corrected chi connectivity index (χ3v) is 4.81. The van der Waals surface area contributed by atoms with E-state index in [1.54, 1.807) is 6.92 Å². The summed E-state index contributed by atoms with van der Waals surface area (Å²) in [7, 11) is 0. The number of allylic oxidation sites excluding steroid dienone is 1. The monoisotopic (exact) mass is 304 g/mol. The highest BCUT2D eigenvalue weighted by Gasteiger charge is 2.29. The third-order valence-electron chi connectivity index (χ3n) is 3.79. The van der Waals surface area contributed by atoms with Crippen LogP contribution in [0.25, 0.3) is 10.2 Å². The first kappa shape index (κ1) is 13.8. The molecule has 1 aliphatic rings. The highest BCUT2D eigenvalue weighted by Crippen LogP contribution is 2.30. The normalized spacial score (nSPS) is 19.0. The predicted octanol–water partition coefficient (Wildman–Crippen LogP) is 1.62. The summed E-state index contributed by atoms with van der Waals surface area (Å²) in [6.07, 6.45) is 1.19. The van der Waals surface area contributed by atoms with Crippen molar-refractivity contribution in [3.63, 3.8) is 0 Å². The number of carbonyl (C=O) groups excluding carboxylic acids is 1. The number of fused-ring (bicyclic) bond motifs is 1. The van der Waals surface area contributed by atoms with Gasteiger partial charge < -0.3 is 11.1 Å². The van der Waals surface area contributed by atoms with Gasteiger partial charge >= 0.3 is 0 Å². The number of anilines is 1. The summed E-state index contributed by atoms with van der Waals surface area (Å²) in [5, 5.41) is 3.12. The van der Waals surface area contributed by atoms with Crippen molar-refractivity contribution in [1.29, 1.82) is 0 Å². The molecule has 0 aliphatic carbocycles. The number of aromatic nitrogens is 2. The van der Waals surface area contributed by atoms with Gasteiger partial charge in [0.15, 0.2) is 0 Å². The second-order valence-corrected chi connectivity index (χ2v) is 6.44. The van der Waals surface area contributed by atoms with E-state index in [1.807, 2.05) is 6.92 Å². The van der Waals surface area contributed by atoms with Gasteiger partial charge in [-0.05, 0) is 26.7 Å². The highest BCUT2D eigenvalue weighted by molar-refractivity contribution is 7.19. The number of aryl methyl sites for hydroxylation is 2. The molecule has 0 aromatic carbocycles. The Balaban J connectivity index is 2.23. The minimum Gasteiger partial charge on any atom is -0.397 e. The summed E-state index contributed by atoms with van der Waals surface area (Å²) in [6, 6.07) is -0.556. The van der Waals surface area contributed by atoms with Crippen molar-refractivity contribution in [3.05, 3.63) is 33.3 Å². The van der Waals surface area contributed by atoms with Crippen LogP contribution in [0.2, 0.25) is 0 Å². The van der Waals surface area contributed by atoms with Crippen LogP contribution in [-0.2, 0) is 4.79 Å². The Morgan fingerprint density at radius 1 is 1.43 bits per heavy atom. The molecule has 1 amide bonds. The Morgan fingerprint density at radius 3 is 2.81 bits per heavy atom. The summed E-state index contributed by atoms with van der Waals surface area (Å²) in [5.74, 6) is 0.310. The van der Waals surface area contributed by atoms with Gasteiger partial charge in [-0.2, -0.15) is 0 Å². The van der Waals surface area contributed by atoms with Crippen LogP contribution in [-0.4, -0.2) is 15.5 Å². The first-order valence-corrected chi connectivity index (χ1v) is 7.48. The Labute approximate surface area is 125 Å². The molecule has 1 saturated heterocycles. The molecular weight excluding hydrogens is 288 g/mol. The van der Waals surface area contributed by atoms with Gasteiger partial charge in [0.25, 0.3) is 5.56 Å². The molecule has 2 aromatic heterocycles. The topological polar surface area (TPSA) is 90.0 Å². The van der Waals surface area contributed by atoms with Crippen molar-refractivity contribution in [2.45, 2.75) is 32.7 Å². The maximum atomic E-state index is 12.8. The first-order valence-electron chi connectivity index (χ1n) is 6.66. The molecule has 110 valence electrons. The second-order valence-electron chi connectivity index (χ2n) is 5.23. The van der Waals surface area contributed by atoms with Crippen LogP contribution in [0.4, 0.5) is 5.69 Å². The zero-order valence-corrected chi connectivity index (χ0v) is 12.7. The van der Waals surface area contributed by atoms with Gasteiger partial charge in [0.05, 0.1) is 11.1 Å². The van der Waals surface area contributed by atoms with Crippen molar-refractivity contribution in [2.75, 3.05) is 5.73 Å². The molecule has 2 aromatic rings. The molecule has 1 aliphatic heterocycles. The molecule has 3 heterocycles. The average molecular weight is 304 g/mol. The molecule has 0 bridgehead atoms. The molecule has 1 unspecified atom stereocenters. The van der Waals surface area contributed by atoms with Crippen LogP contribution in [0.3, 0.4) is 0 Å². The van der Waals surface area contributed by atoms with Crippen LogP contribution in [0.1, 0.15) is 29.6 Å². The van der Waals surface area contributed by atoms with E-state index in [0.29, 0.717) is 40.3 Å². The number of nitrogens with two attached hydrogens (primary N) is 1. The third kappa shape index (κ3) is 2.04. The molecule has 3 N–H and O–H groups in total. The molecule has 0 spiro atoms. The second kappa shape index (κ2) is 4.70. The summed E-state index contributed by atoms with van der Waals surface area (Å²) in [6.45, 7) is 7.35. The maximum Gasteiger partial charge on any atom is 0.265 e. The largest absolute Gasteiger partial charge is 0.397 e. The van der Waals surface area contributed by atoms with E-state index in [4.69, 9.17) is 5.73 Å². The van der Waals surface area contributed by atoms with E-state index in [2.05, 4.69) is 16.9 Å². The Hall–Kier alpha value is -2.15. The number of thiophene rings is 1. The quantitative estimate of drug-likeness (QED) is 0.837. The fourth-order valence-corrected chi connectivity index (χ4v) is 3.65. The molecule has 0 saturated carbocycles. The molecule has 1 atom stereocenters. The van der Waals surface area contributed by atoms with Crippen LogP contribution >= 0.6 is 11.3 Å². The lowest BCUT2D eigenvalue weighted by Gasteiger charge is -2.26. The van der Waals surface area contributed by atoms with Crippen molar-refractivity contribution < 1.29 is 4.79 Å². The van der Waals surface area contributed by atoms with Gasteiger partial charge in [0, 0.05) is 10.6 Å². The fraction of sp³-hybridized carbons (Fsp3) is 0.357. The van der Waals surface area contributed by atoms with Crippen molar-refractivity contribution >= 4 is 33.1 Å². The zero-order chi connectivity index (χ0) is 15.3.